The van der Waals surface area contributed by atoms with Crippen LogP contribution in [0.3, 0.4) is 0 Å². The van der Waals surface area contributed by atoms with Gasteiger partial charge in [-0.25, -0.2) is 18.2 Å². The van der Waals surface area contributed by atoms with E-state index in [-0.39, 0.29) is 17.1 Å². The number of aromatic nitrogens is 1. The topological polar surface area (TPSA) is 103 Å². The van der Waals surface area contributed by atoms with Gasteiger partial charge in [0, 0.05) is 12.7 Å². The molecule has 0 radical (unpaired) electrons. The third-order valence-electron chi connectivity index (χ3n) is 3.34. The number of hydrogen-bond donors (Lipinski definition) is 0. The Morgan fingerprint density at radius 1 is 1.38 bits per heavy atom. The molecule has 8 heteroatoms. The van der Waals surface area contributed by atoms with Gasteiger partial charge in [-0.1, -0.05) is 6.42 Å². The number of isocyanates is 1. The summed E-state index contributed by atoms with van der Waals surface area (Å²) >= 11 is 0. The van der Waals surface area contributed by atoms with E-state index < -0.39 is 16.2 Å². The molecule has 21 heavy (non-hydrogen) atoms. The van der Waals surface area contributed by atoms with E-state index in [9.17, 15) is 13.2 Å². The molecule has 0 aliphatic carbocycles. The monoisotopic (exact) mass is 306 g/mol. The van der Waals surface area contributed by atoms with Crippen LogP contribution in [0.15, 0.2) is 28.2 Å². The third-order valence-corrected chi connectivity index (χ3v) is 5.27. The molecule has 1 aliphatic heterocycles. The minimum absolute atomic E-state index is 0.152. The predicted octanol–water partition coefficient (Wildman–Crippen LogP) is 1.18. The number of aliphatic imine (C=N–C) groups is 1. The molecule has 1 atom stereocenters. The summed E-state index contributed by atoms with van der Waals surface area (Å²) in [7, 11) is -3.92. The van der Waals surface area contributed by atoms with Crippen LogP contribution in [-0.2, 0) is 14.8 Å². The van der Waals surface area contributed by atoms with Crippen LogP contribution >= 0.6 is 0 Å². The van der Waals surface area contributed by atoms with Gasteiger partial charge < -0.3 is 0 Å². The maximum Gasteiger partial charge on any atom is 0.247 e. The molecule has 1 unspecified atom stereocenters. The summed E-state index contributed by atoms with van der Waals surface area (Å²) in [5.41, 5.74) is -0.157. The highest BCUT2D eigenvalue weighted by atomic mass is 32.2. The Morgan fingerprint density at radius 3 is 2.90 bits per heavy atom. The lowest BCUT2D eigenvalue weighted by Crippen LogP contribution is -2.39. The molecular weight excluding hydrogens is 292 g/mol. The van der Waals surface area contributed by atoms with Crippen LogP contribution in [-0.4, -0.2) is 36.5 Å². The molecule has 2 heterocycles. The van der Waals surface area contributed by atoms with Gasteiger partial charge in [0.15, 0.2) is 5.69 Å². The van der Waals surface area contributed by atoms with Crippen LogP contribution in [0.5, 0.6) is 0 Å². The Hall–Kier alpha value is -2.07. The van der Waals surface area contributed by atoms with E-state index >= 15 is 0 Å². The number of pyridine rings is 1. The average Bonchev–Trinajstić information content (AvgIpc) is 2.73. The van der Waals surface area contributed by atoms with Crippen molar-refractivity contribution in [3.8, 4) is 6.07 Å². The van der Waals surface area contributed by atoms with E-state index in [1.165, 1.54) is 28.7 Å². The minimum Gasteiger partial charge on any atom is -0.244 e. The van der Waals surface area contributed by atoms with Crippen LogP contribution in [0.4, 0.5) is 0 Å². The van der Waals surface area contributed by atoms with Crippen molar-refractivity contribution < 1.29 is 13.2 Å². The van der Waals surface area contributed by atoms with Gasteiger partial charge in [0.1, 0.15) is 17.1 Å². The molecule has 0 aromatic carbocycles. The summed E-state index contributed by atoms with van der Waals surface area (Å²) in [5, 5.41) is 9.02. The van der Waals surface area contributed by atoms with Gasteiger partial charge in [0.2, 0.25) is 16.1 Å². The second kappa shape index (κ2) is 6.59. The second-order valence-electron chi connectivity index (χ2n) is 4.63. The summed E-state index contributed by atoms with van der Waals surface area (Å²) in [6.45, 7) is 0.262. The van der Waals surface area contributed by atoms with Crippen molar-refractivity contribution in [3.05, 3.63) is 24.0 Å². The van der Waals surface area contributed by atoms with E-state index in [1.807, 2.05) is 0 Å². The molecule has 0 N–H and O–H groups in total. The van der Waals surface area contributed by atoms with Gasteiger partial charge >= 0.3 is 0 Å². The second-order valence-corrected chi connectivity index (χ2v) is 6.49. The number of sulfonamides is 1. The number of nitriles is 1. The molecule has 1 aromatic rings. The number of hydrogen-bond acceptors (Lipinski definition) is 6. The summed E-state index contributed by atoms with van der Waals surface area (Å²) in [6, 6.07) is 4.58. The van der Waals surface area contributed by atoms with Crippen LogP contribution in [0.2, 0.25) is 0 Å². The Labute approximate surface area is 123 Å². The van der Waals surface area contributed by atoms with Crippen LogP contribution in [0.25, 0.3) is 0 Å². The summed E-state index contributed by atoms with van der Waals surface area (Å²) in [5.74, 6) is 0. The van der Waals surface area contributed by atoms with Crippen molar-refractivity contribution in [2.24, 2.45) is 4.99 Å². The Bertz CT molecular complexity index is 704. The maximum absolute atomic E-state index is 12.7. The molecule has 7 nitrogen and oxygen atoms in total. The fraction of sp³-hybridized carbons (Fsp3) is 0.462. The van der Waals surface area contributed by atoms with Crippen molar-refractivity contribution in [1.29, 1.82) is 5.26 Å². The largest absolute Gasteiger partial charge is 0.247 e. The summed E-state index contributed by atoms with van der Waals surface area (Å²) in [6.07, 6.45) is 4.85. The Kier molecular flexibility index (Phi) is 4.81. The highest BCUT2D eigenvalue weighted by Crippen LogP contribution is 2.26. The van der Waals surface area contributed by atoms with Crippen molar-refractivity contribution in [2.45, 2.75) is 36.7 Å². The molecule has 0 saturated carbocycles. The quantitative estimate of drug-likeness (QED) is 0.616. The minimum atomic E-state index is -3.92. The molecule has 0 amide bonds. The van der Waals surface area contributed by atoms with Crippen LogP contribution < -0.4 is 0 Å². The van der Waals surface area contributed by atoms with Gasteiger partial charge in [-0.2, -0.15) is 14.6 Å². The van der Waals surface area contributed by atoms with E-state index in [2.05, 4.69) is 9.98 Å². The van der Waals surface area contributed by atoms with E-state index in [4.69, 9.17) is 5.26 Å². The highest BCUT2D eigenvalue weighted by Gasteiger charge is 2.34. The average molecular weight is 306 g/mol. The molecule has 0 spiro atoms. The molecule has 2 rings (SSSR count). The van der Waals surface area contributed by atoms with Crippen molar-refractivity contribution in [2.75, 3.05) is 6.54 Å². The fourth-order valence-corrected chi connectivity index (χ4v) is 4.03. The van der Waals surface area contributed by atoms with E-state index in [0.717, 1.165) is 12.8 Å². The molecule has 110 valence electrons. The van der Waals surface area contributed by atoms with Crippen molar-refractivity contribution in [1.82, 2.24) is 9.29 Å². The standard InChI is InChI=1S/C13H14N4O3S/c14-9-11-12(5-4-7-15-11)21(19,20)17-8-3-1-2-6-13(17)16-10-18/h4-5,7,13H,1-3,6,8H2. The maximum atomic E-state index is 12.7. The predicted molar refractivity (Wildman–Crippen MR) is 73.2 cm³/mol. The van der Waals surface area contributed by atoms with Gasteiger partial charge in [0.05, 0.1) is 0 Å². The molecular formula is C13H14N4O3S. The zero-order valence-corrected chi connectivity index (χ0v) is 12.1. The Morgan fingerprint density at radius 2 is 2.19 bits per heavy atom. The number of rotatable bonds is 3. The lowest BCUT2D eigenvalue weighted by molar-refractivity contribution is 0.330. The molecule has 1 fully saturated rings. The lowest BCUT2D eigenvalue weighted by atomic mass is 10.2. The van der Waals surface area contributed by atoms with Gasteiger partial charge in [-0.3, -0.25) is 0 Å². The lowest BCUT2D eigenvalue weighted by Gasteiger charge is -2.25. The van der Waals surface area contributed by atoms with E-state index in [1.54, 1.807) is 6.07 Å². The molecule has 1 saturated heterocycles. The highest BCUT2D eigenvalue weighted by molar-refractivity contribution is 7.89. The van der Waals surface area contributed by atoms with Crippen molar-refractivity contribution in [3.63, 3.8) is 0 Å². The first-order valence-electron chi connectivity index (χ1n) is 6.55. The normalized spacial score (nSPS) is 20.0. The molecule has 0 bridgehead atoms. The molecule has 1 aromatic heterocycles. The van der Waals surface area contributed by atoms with Gasteiger partial charge in [0.25, 0.3) is 0 Å². The number of nitrogens with zero attached hydrogens (tertiary/aromatic N) is 4. The first kappa shape index (κ1) is 15.3. The third kappa shape index (κ3) is 3.16. The van der Waals surface area contributed by atoms with Gasteiger partial charge in [-0.05, 0) is 31.4 Å². The van der Waals surface area contributed by atoms with E-state index in [0.29, 0.717) is 12.8 Å². The van der Waals surface area contributed by atoms with Crippen LogP contribution in [0.1, 0.15) is 31.4 Å². The Balaban J connectivity index is 2.49. The first-order chi connectivity index (χ1) is 10.1. The molecule has 1 aliphatic rings. The summed E-state index contributed by atoms with van der Waals surface area (Å²) < 4.78 is 26.7. The van der Waals surface area contributed by atoms with Crippen molar-refractivity contribution >= 4 is 16.1 Å². The zero-order valence-electron chi connectivity index (χ0n) is 11.3. The zero-order chi connectivity index (χ0) is 15.3. The SMILES string of the molecule is N#Cc1ncccc1S(=O)(=O)N1CCCCCC1N=C=O. The van der Waals surface area contributed by atoms with Gasteiger partial charge in [-0.15, -0.1) is 0 Å². The first-order valence-corrected chi connectivity index (χ1v) is 7.99. The fourth-order valence-electron chi connectivity index (χ4n) is 2.34. The smallest absolute Gasteiger partial charge is 0.244 e. The summed E-state index contributed by atoms with van der Waals surface area (Å²) in [4.78, 5) is 17.8. The van der Waals surface area contributed by atoms with Crippen LogP contribution in [0, 0.1) is 11.3 Å². The number of carbonyl (C=O) groups excluding carboxylic acids is 1.